The van der Waals surface area contributed by atoms with E-state index < -0.39 is 17.1 Å². The van der Waals surface area contributed by atoms with Gasteiger partial charge in [0.05, 0.1) is 19.0 Å². The Balaban J connectivity index is 2.11. The van der Waals surface area contributed by atoms with Gasteiger partial charge in [-0.3, -0.25) is 13.9 Å². The summed E-state index contributed by atoms with van der Waals surface area (Å²) in [6, 6.07) is 7.62. The summed E-state index contributed by atoms with van der Waals surface area (Å²) in [5, 5.41) is 9.02. The topological polar surface area (TPSA) is 97.1 Å². The van der Waals surface area contributed by atoms with E-state index in [0.717, 1.165) is 17.4 Å². The molecule has 0 unspecified atom stereocenters. The van der Waals surface area contributed by atoms with Crippen molar-refractivity contribution in [3.63, 3.8) is 0 Å². The minimum atomic E-state index is -0.483. The van der Waals surface area contributed by atoms with E-state index in [9.17, 15) is 14.0 Å². The lowest BCUT2D eigenvalue weighted by atomic mass is 10.0. The first-order valence-electron chi connectivity index (χ1n) is 8.86. The van der Waals surface area contributed by atoms with Crippen molar-refractivity contribution in [3.05, 3.63) is 62.0 Å². The molecule has 2 aromatic rings. The molecule has 1 aliphatic heterocycles. The molecule has 1 aromatic carbocycles. The molecule has 0 saturated carbocycles. The van der Waals surface area contributed by atoms with Crippen molar-refractivity contribution < 1.29 is 4.39 Å². The van der Waals surface area contributed by atoms with Gasteiger partial charge in [0.15, 0.2) is 0 Å². The van der Waals surface area contributed by atoms with Gasteiger partial charge in [-0.25, -0.2) is 9.18 Å². The fraction of sp³-hybridized carbons (Fsp3) is 0.421. The van der Waals surface area contributed by atoms with Gasteiger partial charge < -0.3 is 10.6 Å². The number of aromatic nitrogens is 2. The SMILES string of the molecule is Cn1c(=O)cc(N2CCC[C@@H](N)C2)n(Cc2cc(F)ccc2CC#N)c1=O. The maximum atomic E-state index is 13.8. The minimum absolute atomic E-state index is 0.0327. The van der Waals surface area contributed by atoms with Crippen molar-refractivity contribution in [2.24, 2.45) is 12.8 Å². The van der Waals surface area contributed by atoms with E-state index in [4.69, 9.17) is 11.0 Å². The Labute approximate surface area is 156 Å². The average molecular weight is 371 g/mol. The van der Waals surface area contributed by atoms with Crippen LogP contribution in [0, 0.1) is 17.1 Å². The van der Waals surface area contributed by atoms with Gasteiger partial charge in [-0.05, 0) is 36.1 Å². The first-order valence-corrected chi connectivity index (χ1v) is 8.86. The molecule has 3 rings (SSSR count). The van der Waals surface area contributed by atoms with E-state index in [1.54, 1.807) is 6.07 Å². The second kappa shape index (κ2) is 7.76. The number of nitriles is 1. The van der Waals surface area contributed by atoms with Gasteiger partial charge in [0.1, 0.15) is 11.6 Å². The third-order valence-corrected chi connectivity index (χ3v) is 4.93. The lowest BCUT2D eigenvalue weighted by Crippen LogP contribution is -2.47. The van der Waals surface area contributed by atoms with Crippen LogP contribution < -0.4 is 21.9 Å². The number of benzene rings is 1. The monoisotopic (exact) mass is 371 g/mol. The molecule has 2 N–H and O–H groups in total. The smallest absolute Gasteiger partial charge is 0.332 e. The van der Waals surface area contributed by atoms with Gasteiger partial charge in [0.2, 0.25) is 0 Å². The molecule has 1 aliphatic rings. The van der Waals surface area contributed by atoms with Gasteiger partial charge in [-0.1, -0.05) is 6.07 Å². The first kappa shape index (κ1) is 18.9. The normalized spacial score (nSPS) is 17.0. The zero-order valence-electron chi connectivity index (χ0n) is 15.2. The van der Waals surface area contributed by atoms with E-state index in [-0.39, 0.29) is 19.0 Å². The predicted octanol–water partition coefficient (Wildman–Crippen LogP) is 0.728. The van der Waals surface area contributed by atoms with Crippen molar-refractivity contribution in [2.75, 3.05) is 18.0 Å². The second-order valence-electron chi connectivity index (χ2n) is 6.86. The van der Waals surface area contributed by atoms with E-state index in [0.29, 0.717) is 30.0 Å². The van der Waals surface area contributed by atoms with Gasteiger partial charge in [-0.15, -0.1) is 0 Å². The molecule has 8 heteroatoms. The van der Waals surface area contributed by atoms with Crippen LogP contribution in [0.4, 0.5) is 10.2 Å². The summed E-state index contributed by atoms with van der Waals surface area (Å²) >= 11 is 0. The third kappa shape index (κ3) is 3.93. The number of rotatable bonds is 4. The number of hydrogen-bond donors (Lipinski definition) is 1. The molecule has 0 amide bonds. The Bertz CT molecular complexity index is 1000. The van der Waals surface area contributed by atoms with Gasteiger partial charge in [-0.2, -0.15) is 5.26 Å². The summed E-state index contributed by atoms with van der Waals surface area (Å²) in [6.45, 7) is 1.30. The highest BCUT2D eigenvalue weighted by molar-refractivity contribution is 5.41. The van der Waals surface area contributed by atoms with Gasteiger partial charge >= 0.3 is 5.69 Å². The van der Waals surface area contributed by atoms with Gasteiger partial charge in [0.25, 0.3) is 5.56 Å². The molecule has 2 heterocycles. The Kier molecular flexibility index (Phi) is 5.42. The van der Waals surface area contributed by atoms with Gasteiger partial charge in [0, 0.05) is 32.2 Å². The zero-order valence-corrected chi connectivity index (χ0v) is 15.2. The van der Waals surface area contributed by atoms with E-state index >= 15 is 0 Å². The van der Waals surface area contributed by atoms with Crippen LogP contribution in [-0.4, -0.2) is 28.3 Å². The number of piperidine rings is 1. The molecule has 0 bridgehead atoms. The minimum Gasteiger partial charge on any atom is -0.356 e. The van der Waals surface area contributed by atoms with Crippen molar-refractivity contribution >= 4 is 5.82 Å². The molecular formula is C19H22FN5O2. The molecule has 1 aromatic heterocycles. The standard InChI is InChI=1S/C19H22FN5O2/c1-23-18(26)10-17(24-8-2-3-16(22)12-24)25(19(23)27)11-14-9-15(20)5-4-13(14)6-7-21/h4-5,9-10,16H,2-3,6,8,11-12,22H2,1H3/t16-/m1/s1. The molecule has 7 nitrogen and oxygen atoms in total. The largest absolute Gasteiger partial charge is 0.356 e. The zero-order chi connectivity index (χ0) is 19.6. The molecule has 142 valence electrons. The number of anilines is 1. The Morgan fingerprint density at radius 3 is 2.78 bits per heavy atom. The lowest BCUT2D eigenvalue weighted by molar-refractivity contribution is 0.491. The van der Waals surface area contributed by atoms with Crippen LogP contribution in [0.15, 0.2) is 33.9 Å². The van der Waals surface area contributed by atoms with Crippen LogP contribution in [-0.2, 0) is 20.0 Å². The van der Waals surface area contributed by atoms with Crippen LogP contribution >= 0.6 is 0 Å². The molecule has 1 saturated heterocycles. The molecule has 1 fully saturated rings. The molecule has 27 heavy (non-hydrogen) atoms. The van der Waals surface area contributed by atoms with E-state index in [1.165, 1.54) is 29.8 Å². The Morgan fingerprint density at radius 2 is 2.07 bits per heavy atom. The summed E-state index contributed by atoms with van der Waals surface area (Å²) in [5.41, 5.74) is 6.37. The van der Waals surface area contributed by atoms with Crippen molar-refractivity contribution in [1.29, 1.82) is 5.26 Å². The Hall–Kier alpha value is -2.92. The number of nitrogens with zero attached hydrogens (tertiary/aromatic N) is 4. The van der Waals surface area contributed by atoms with Crippen molar-refractivity contribution in [1.82, 2.24) is 9.13 Å². The Morgan fingerprint density at radius 1 is 1.30 bits per heavy atom. The molecule has 0 aliphatic carbocycles. The van der Waals surface area contributed by atoms with Crippen molar-refractivity contribution in [2.45, 2.75) is 31.8 Å². The number of halogens is 1. The molecular weight excluding hydrogens is 349 g/mol. The highest BCUT2D eigenvalue weighted by Gasteiger charge is 2.22. The average Bonchev–Trinajstić information content (AvgIpc) is 2.64. The summed E-state index contributed by atoms with van der Waals surface area (Å²) in [7, 11) is 1.41. The highest BCUT2D eigenvalue weighted by atomic mass is 19.1. The van der Waals surface area contributed by atoms with E-state index in [1.807, 2.05) is 4.90 Å². The lowest BCUT2D eigenvalue weighted by Gasteiger charge is -2.34. The van der Waals surface area contributed by atoms with E-state index in [2.05, 4.69) is 6.07 Å². The fourth-order valence-electron chi connectivity index (χ4n) is 3.46. The number of nitrogens with two attached hydrogens (primary N) is 1. The van der Waals surface area contributed by atoms with Crippen LogP contribution in [0.25, 0.3) is 0 Å². The maximum absolute atomic E-state index is 13.8. The summed E-state index contributed by atoms with van der Waals surface area (Å²) in [4.78, 5) is 26.9. The quantitative estimate of drug-likeness (QED) is 0.855. The molecule has 0 radical (unpaired) electrons. The van der Waals surface area contributed by atoms with Crippen molar-refractivity contribution in [3.8, 4) is 6.07 Å². The highest BCUT2D eigenvalue weighted by Crippen LogP contribution is 2.20. The summed E-state index contributed by atoms with van der Waals surface area (Å²) in [5.74, 6) is 0.0384. The third-order valence-electron chi connectivity index (χ3n) is 4.93. The maximum Gasteiger partial charge on any atom is 0.332 e. The molecule has 0 spiro atoms. The predicted molar refractivity (Wildman–Crippen MR) is 100 cm³/mol. The number of hydrogen-bond acceptors (Lipinski definition) is 5. The molecule has 1 atom stereocenters. The van der Waals surface area contributed by atoms with Crippen LogP contribution in [0.2, 0.25) is 0 Å². The summed E-state index contributed by atoms with van der Waals surface area (Å²) in [6.07, 6.45) is 1.87. The van der Waals surface area contributed by atoms with Crippen LogP contribution in [0.3, 0.4) is 0 Å². The second-order valence-corrected chi connectivity index (χ2v) is 6.86. The van der Waals surface area contributed by atoms with Crippen LogP contribution in [0.1, 0.15) is 24.0 Å². The summed E-state index contributed by atoms with van der Waals surface area (Å²) < 4.78 is 16.3. The van der Waals surface area contributed by atoms with Crippen LogP contribution in [0.5, 0.6) is 0 Å². The fourth-order valence-corrected chi connectivity index (χ4v) is 3.46. The first-order chi connectivity index (χ1) is 12.9.